The van der Waals surface area contributed by atoms with Crippen LogP contribution in [0.15, 0.2) is 178 Å². The van der Waals surface area contributed by atoms with E-state index >= 15 is 0 Å². The van der Waals surface area contributed by atoms with Gasteiger partial charge in [-0.2, -0.15) is 0 Å². The molecule has 18 nitrogen and oxygen atoms in total. The van der Waals surface area contributed by atoms with Crippen molar-refractivity contribution in [2.75, 3.05) is 66.7 Å². The van der Waals surface area contributed by atoms with Gasteiger partial charge in [0.05, 0.1) is 35.9 Å². The van der Waals surface area contributed by atoms with Crippen LogP contribution in [0.1, 0.15) is 62.9 Å². The number of thioether (sulfide) groups is 1. The van der Waals surface area contributed by atoms with Gasteiger partial charge in [0.2, 0.25) is 0 Å². The number of rotatable bonds is 10. The molecular formula is C66H71IN14O4S4. The van der Waals surface area contributed by atoms with Gasteiger partial charge in [0, 0.05) is 130 Å². The molecule has 3 aliphatic heterocycles. The first-order valence-electron chi connectivity index (χ1n) is 28.7. The molecule has 14 rings (SSSR count). The van der Waals surface area contributed by atoms with E-state index in [0.29, 0.717) is 22.6 Å². The number of halogens is 1. The van der Waals surface area contributed by atoms with Crippen LogP contribution in [0, 0.1) is 25.6 Å². The van der Waals surface area contributed by atoms with Crippen molar-refractivity contribution in [2.24, 2.45) is 21.5 Å². The Morgan fingerprint density at radius 3 is 1.55 bits per heavy atom. The van der Waals surface area contributed by atoms with E-state index in [1.54, 1.807) is 64.5 Å². The zero-order chi connectivity index (χ0) is 61.7. The maximum Gasteiger partial charge on any atom is 0.270 e. The summed E-state index contributed by atoms with van der Waals surface area (Å²) in [6, 6.07) is 35.9. The number of piperidine rings is 1. The highest BCUT2D eigenvalue weighted by atomic mass is 127. The first-order valence-corrected chi connectivity index (χ1v) is 32.6. The number of likely N-dealkylation sites (N-methyl/N-ethyl adjacent to an activating group) is 2. The Bertz CT molecular complexity index is 4300. The molecule has 11 aromatic rings. The SMILES string of the molecule is CN1CC=C(c2c[nH]c3ccc(N=C(N)c4cccs4)cc23)CC1.CN1CC=C(c2c[nH]c3ccc([N+](=O)[O-])cc23)CC1.CN1CCC(c2c[nH]c3ccc(N=C(N)c4cccs4)cc23)CC1.CSC(=N)c1cccs1.I.O=[N+]([O-])c1ccc2[nH]ccc2c1. The van der Waals surface area contributed by atoms with E-state index in [0.717, 1.165) is 97.9 Å². The summed E-state index contributed by atoms with van der Waals surface area (Å²) in [5.74, 6) is 1.78. The molecule has 1 fully saturated rings. The minimum absolute atomic E-state index is 0. The molecule has 0 radical (unpaired) electrons. The number of non-ortho nitro benzene ring substituents is 2. The monoisotopic (exact) mass is 1380 g/mol. The second-order valence-electron chi connectivity index (χ2n) is 21.6. The number of thiophene rings is 3. The Morgan fingerprint density at radius 2 is 1.06 bits per heavy atom. The lowest BCUT2D eigenvalue weighted by Gasteiger charge is -2.28. The maximum atomic E-state index is 10.9. The van der Waals surface area contributed by atoms with E-state index in [-0.39, 0.29) is 40.3 Å². The van der Waals surface area contributed by atoms with Crippen LogP contribution in [-0.2, 0) is 0 Å². The Balaban J connectivity index is 0.000000137. The maximum absolute atomic E-state index is 10.9. The molecule has 0 saturated carbocycles. The van der Waals surface area contributed by atoms with Gasteiger partial charge in [-0.25, -0.2) is 9.98 Å². The van der Waals surface area contributed by atoms with Crippen molar-refractivity contribution in [3.8, 4) is 0 Å². The third-order valence-electron chi connectivity index (χ3n) is 15.7. The van der Waals surface area contributed by atoms with Crippen molar-refractivity contribution in [1.29, 1.82) is 5.41 Å². The van der Waals surface area contributed by atoms with E-state index < -0.39 is 4.92 Å². The van der Waals surface area contributed by atoms with E-state index in [9.17, 15) is 20.2 Å². The number of hydrogen-bond donors (Lipinski definition) is 7. The van der Waals surface area contributed by atoms with Gasteiger partial charge in [-0.05, 0) is 178 Å². The third kappa shape index (κ3) is 16.8. The number of fused-ring (bicyclic) bond motifs is 4. The van der Waals surface area contributed by atoms with Crippen LogP contribution in [-0.4, -0.2) is 128 Å². The molecule has 9 N–H and O–H groups in total. The molecule has 7 aromatic heterocycles. The smallest absolute Gasteiger partial charge is 0.270 e. The minimum Gasteiger partial charge on any atom is -0.383 e. The summed E-state index contributed by atoms with van der Waals surface area (Å²) in [4.78, 5) is 52.7. The third-order valence-corrected chi connectivity index (χ3v) is 19.1. The quantitative estimate of drug-likeness (QED) is 0.0224. The molecule has 0 bridgehead atoms. The molecule has 4 aromatic carbocycles. The predicted octanol–water partition coefficient (Wildman–Crippen LogP) is 16.0. The van der Waals surface area contributed by atoms with Gasteiger partial charge in [-0.15, -0.1) is 69.7 Å². The van der Waals surface area contributed by atoms with E-state index in [4.69, 9.17) is 16.9 Å². The summed E-state index contributed by atoms with van der Waals surface area (Å²) >= 11 is 6.31. The van der Waals surface area contributed by atoms with Crippen molar-refractivity contribution >= 4 is 164 Å². The highest BCUT2D eigenvalue weighted by Crippen LogP contribution is 2.36. The highest BCUT2D eigenvalue weighted by molar-refractivity contribution is 14.0. The lowest BCUT2D eigenvalue weighted by atomic mass is 9.89. The average Bonchev–Trinajstić information content (AvgIpc) is 2.24. The topological polar surface area (TPSA) is 260 Å². The summed E-state index contributed by atoms with van der Waals surface area (Å²) in [5, 5.41) is 39.6. The van der Waals surface area contributed by atoms with Gasteiger partial charge < -0.3 is 46.1 Å². The fraction of sp³-hybridized carbons (Fsp3) is 0.227. The average molecular weight is 1380 g/mol. The molecule has 10 heterocycles. The molecule has 89 heavy (non-hydrogen) atoms. The number of nitrogens with two attached hydrogens (primary N) is 2. The van der Waals surface area contributed by atoms with Crippen LogP contribution in [0.4, 0.5) is 22.7 Å². The van der Waals surface area contributed by atoms with Gasteiger partial charge >= 0.3 is 0 Å². The number of amidine groups is 2. The van der Waals surface area contributed by atoms with Crippen LogP contribution in [0.5, 0.6) is 0 Å². The summed E-state index contributed by atoms with van der Waals surface area (Å²) in [6.45, 7) is 6.39. The molecule has 0 unspecified atom stereocenters. The number of benzene rings is 4. The molecule has 0 atom stereocenters. The van der Waals surface area contributed by atoms with E-state index in [2.05, 4.69) is 115 Å². The van der Waals surface area contributed by atoms with Gasteiger partial charge in [-0.3, -0.25) is 25.6 Å². The number of hydrogen-bond acceptors (Lipinski definition) is 14. The van der Waals surface area contributed by atoms with Gasteiger partial charge in [0.1, 0.15) is 16.7 Å². The summed E-state index contributed by atoms with van der Waals surface area (Å²) in [6.07, 6.45) is 18.9. The zero-order valence-corrected chi connectivity index (χ0v) is 55.4. The van der Waals surface area contributed by atoms with Gasteiger partial charge in [-0.1, -0.05) is 30.4 Å². The second kappa shape index (κ2) is 30.9. The number of aromatic amines is 4. The molecule has 460 valence electrons. The largest absolute Gasteiger partial charge is 0.383 e. The van der Waals surface area contributed by atoms with Crippen LogP contribution < -0.4 is 11.5 Å². The van der Waals surface area contributed by atoms with Crippen molar-refractivity contribution in [2.45, 2.75) is 31.6 Å². The second-order valence-corrected chi connectivity index (χ2v) is 25.3. The Hall–Kier alpha value is -8.01. The van der Waals surface area contributed by atoms with Crippen molar-refractivity contribution < 1.29 is 9.85 Å². The number of nitro groups is 2. The molecule has 0 aliphatic carbocycles. The normalized spacial score (nSPS) is 15.1. The molecule has 0 amide bonds. The lowest BCUT2D eigenvalue weighted by molar-refractivity contribution is -0.384. The first kappa shape index (κ1) is 65.4. The number of aromatic nitrogens is 4. The fourth-order valence-corrected chi connectivity index (χ4v) is 13.2. The number of nitrogens with zero attached hydrogens (tertiary/aromatic N) is 7. The molecule has 3 aliphatic rings. The molecule has 0 spiro atoms. The van der Waals surface area contributed by atoms with Crippen molar-refractivity contribution in [3.63, 3.8) is 0 Å². The van der Waals surface area contributed by atoms with Crippen LogP contribution in [0.2, 0.25) is 0 Å². The number of H-pyrrole nitrogens is 4. The van der Waals surface area contributed by atoms with E-state index in [1.165, 1.54) is 88.4 Å². The fourth-order valence-electron chi connectivity index (χ4n) is 10.7. The van der Waals surface area contributed by atoms with Gasteiger partial charge in [0.15, 0.2) is 0 Å². The van der Waals surface area contributed by atoms with Crippen LogP contribution in [0.3, 0.4) is 0 Å². The summed E-state index contributed by atoms with van der Waals surface area (Å²) < 4.78 is 0. The van der Waals surface area contributed by atoms with Crippen LogP contribution >= 0.6 is 69.7 Å². The number of nitrogens with one attached hydrogen (secondary N) is 5. The molecule has 23 heteroatoms. The molecule has 1 saturated heterocycles. The standard InChI is InChI=1S/C19H22N4S.C19H20N4S.C14H15N3O2.C8H6N2O2.C6H7NS2.HI/c2*1-23-8-6-13(7-9-23)16-12-21-17-5-4-14(11-15(16)17)22-19(20)18-3-2-10-24-18;1-16-6-4-10(5-7-16)13-9-15-14-3-2-11(17(18)19)8-12(13)14;11-10(12)7-1-2-8-6(5-7)3-4-9-8;1-8-6(7)5-3-2-4-9-5;/h2-5,10-13,21H,6-9H2,1H3,(H2,20,22);2-6,10-12,21H,7-9H2,1H3,(H2,20,22);2-4,8-9,15H,5-7H2,1H3;1-5,9H;2-4,7H,1H3;1H. The number of aliphatic imine (C=N–C) groups is 2. The number of likely N-dealkylation sites (tertiary alicyclic amines) is 1. The summed E-state index contributed by atoms with van der Waals surface area (Å²) in [5.41, 5.74) is 25.0. The minimum atomic E-state index is -0.396. The van der Waals surface area contributed by atoms with E-state index in [1.807, 2.05) is 83.2 Å². The number of nitro benzene ring substituents is 2. The Morgan fingerprint density at radius 1 is 0.584 bits per heavy atom. The van der Waals surface area contributed by atoms with Crippen molar-refractivity contribution in [1.82, 2.24) is 34.6 Å². The van der Waals surface area contributed by atoms with Crippen LogP contribution in [0.25, 0.3) is 54.8 Å². The summed E-state index contributed by atoms with van der Waals surface area (Å²) in [7, 11) is 6.45. The highest BCUT2D eigenvalue weighted by Gasteiger charge is 2.22. The molecular weight excluding hydrogens is 1310 g/mol. The lowest BCUT2D eigenvalue weighted by Crippen LogP contribution is -2.29. The zero-order valence-electron chi connectivity index (χ0n) is 49.8. The van der Waals surface area contributed by atoms with Crippen molar-refractivity contribution in [3.05, 3.63) is 220 Å². The first-order chi connectivity index (χ1) is 42.7. The van der Waals surface area contributed by atoms with Gasteiger partial charge in [0.25, 0.3) is 11.4 Å². The predicted molar refractivity (Wildman–Crippen MR) is 386 cm³/mol. The Labute approximate surface area is 549 Å². The Kier molecular flexibility index (Phi) is 22.8.